The molecule has 4 nitrogen and oxygen atoms in total. The van der Waals surface area contributed by atoms with E-state index in [9.17, 15) is 4.79 Å². The first kappa shape index (κ1) is 13.3. The summed E-state index contributed by atoms with van der Waals surface area (Å²) in [5.74, 6) is -0.603. The monoisotopic (exact) mass is 253 g/mol. The van der Waals surface area contributed by atoms with Crippen LogP contribution in [-0.2, 0) is 0 Å². The summed E-state index contributed by atoms with van der Waals surface area (Å²) in [4.78, 5) is 10.8. The average Bonchev–Trinajstić information content (AvgIpc) is 2.30. The van der Waals surface area contributed by atoms with Gasteiger partial charge in [0.25, 0.3) is 0 Å². The van der Waals surface area contributed by atoms with Gasteiger partial charge in [-0.15, -0.1) is 0 Å². The Morgan fingerprint density at radius 1 is 1.47 bits per heavy atom. The van der Waals surface area contributed by atoms with Crippen LogP contribution < -0.4 is 4.74 Å². The molecule has 1 rings (SSSR count). The summed E-state index contributed by atoms with van der Waals surface area (Å²) in [7, 11) is 0. The molecule has 5 heteroatoms. The SMILES string of the molecule is N#CCCCCOc1ccc(Cl)c(C(=O)O)c1. The Balaban J connectivity index is 2.52. The van der Waals surface area contributed by atoms with E-state index < -0.39 is 5.97 Å². The summed E-state index contributed by atoms with van der Waals surface area (Å²) >= 11 is 5.72. The zero-order chi connectivity index (χ0) is 12.7. The molecule has 0 aromatic heterocycles. The van der Waals surface area contributed by atoms with Crippen LogP contribution in [0, 0.1) is 11.3 Å². The Labute approximate surface area is 104 Å². The molecule has 1 aromatic carbocycles. The van der Waals surface area contributed by atoms with Crippen molar-refractivity contribution in [3.63, 3.8) is 0 Å². The molecular weight excluding hydrogens is 242 g/mol. The summed E-state index contributed by atoms with van der Waals surface area (Å²) in [5, 5.41) is 17.4. The number of halogens is 1. The third kappa shape index (κ3) is 4.33. The van der Waals surface area contributed by atoms with Crippen LogP contribution in [0.25, 0.3) is 0 Å². The maximum Gasteiger partial charge on any atom is 0.337 e. The topological polar surface area (TPSA) is 70.3 Å². The van der Waals surface area contributed by atoms with Gasteiger partial charge in [-0.25, -0.2) is 4.79 Å². The van der Waals surface area contributed by atoms with Crippen molar-refractivity contribution < 1.29 is 14.6 Å². The predicted octanol–water partition coefficient (Wildman–Crippen LogP) is 3.11. The van der Waals surface area contributed by atoms with Gasteiger partial charge in [-0.1, -0.05) is 11.6 Å². The molecule has 0 unspecified atom stereocenters. The highest BCUT2D eigenvalue weighted by atomic mass is 35.5. The second kappa shape index (κ2) is 6.77. The minimum Gasteiger partial charge on any atom is -0.494 e. The quantitative estimate of drug-likeness (QED) is 0.791. The summed E-state index contributed by atoms with van der Waals surface area (Å²) in [5.41, 5.74) is 0.0289. The fraction of sp³-hybridized carbons (Fsp3) is 0.333. The fourth-order valence-electron chi connectivity index (χ4n) is 1.25. The molecule has 0 aliphatic heterocycles. The fourth-order valence-corrected chi connectivity index (χ4v) is 1.45. The summed E-state index contributed by atoms with van der Waals surface area (Å²) in [6.07, 6.45) is 2.04. The number of carbonyl (C=O) groups is 1. The molecule has 0 bridgehead atoms. The summed E-state index contributed by atoms with van der Waals surface area (Å²) in [6.45, 7) is 0.461. The highest BCUT2D eigenvalue weighted by Gasteiger charge is 2.09. The molecule has 17 heavy (non-hydrogen) atoms. The average molecular weight is 254 g/mol. The lowest BCUT2D eigenvalue weighted by atomic mass is 10.2. The van der Waals surface area contributed by atoms with Crippen molar-refractivity contribution in [3.8, 4) is 11.8 Å². The van der Waals surface area contributed by atoms with Gasteiger partial charge in [0, 0.05) is 6.42 Å². The number of carboxylic acid groups (broad SMARTS) is 1. The van der Waals surface area contributed by atoms with Crippen LogP contribution in [0.3, 0.4) is 0 Å². The molecular formula is C12H12ClNO3. The number of nitrogens with zero attached hydrogens (tertiary/aromatic N) is 1. The van der Waals surface area contributed by atoms with Crippen LogP contribution in [0.4, 0.5) is 0 Å². The Morgan fingerprint density at radius 2 is 2.24 bits per heavy atom. The molecule has 1 aromatic rings. The predicted molar refractivity (Wildman–Crippen MR) is 63.4 cm³/mol. The van der Waals surface area contributed by atoms with E-state index in [1.807, 2.05) is 6.07 Å². The van der Waals surface area contributed by atoms with Gasteiger partial charge in [0.1, 0.15) is 5.75 Å². The molecule has 0 aliphatic carbocycles. The number of ether oxygens (including phenoxy) is 1. The standard InChI is InChI=1S/C12H12ClNO3/c13-11-5-4-9(8-10(11)12(15)16)17-7-3-1-2-6-14/h4-5,8H,1-3,7H2,(H,15,16). The van der Waals surface area contributed by atoms with E-state index in [4.69, 9.17) is 26.7 Å². The number of unbranched alkanes of at least 4 members (excludes halogenated alkanes) is 2. The lowest BCUT2D eigenvalue weighted by Gasteiger charge is -2.07. The van der Waals surface area contributed by atoms with Crippen LogP contribution >= 0.6 is 11.6 Å². The van der Waals surface area contributed by atoms with E-state index in [0.717, 1.165) is 12.8 Å². The van der Waals surface area contributed by atoms with Gasteiger partial charge in [-0.2, -0.15) is 5.26 Å². The van der Waals surface area contributed by atoms with Crippen molar-refractivity contribution in [2.75, 3.05) is 6.61 Å². The van der Waals surface area contributed by atoms with Gasteiger partial charge in [-0.3, -0.25) is 0 Å². The number of carboxylic acids is 1. The second-order valence-corrected chi connectivity index (χ2v) is 3.82. The van der Waals surface area contributed by atoms with Gasteiger partial charge in [0.2, 0.25) is 0 Å². The molecule has 0 saturated carbocycles. The zero-order valence-electron chi connectivity index (χ0n) is 9.15. The van der Waals surface area contributed by atoms with Crippen LogP contribution in [0.15, 0.2) is 18.2 Å². The highest BCUT2D eigenvalue weighted by Crippen LogP contribution is 2.22. The third-order valence-electron chi connectivity index (χ3n) is 2.12. The maximum absolute atomic E-state index is 10.8. The zero-order valence-corrected chi connectivity index (χ0v) is 9.91. The molecule has 0 aliphatic rings. The molecule has 0 fully saturated rings. The molecule has 90 valence electrons. The van der Waals surface area contributed by atoms with Crippen molar-refractivity contribution in [2.24, 2.45) is 0 Å². The Morgan fingerprint density at radius 3 is 2.88 bits per heavy atom. The number of rotatable bonds is 6. The molecule has 1 N–H and O–H groups in total. The largest absolute Gasteiger partial charge is 0.494 e. The number of aromatic carboxylic acids is 1. The van der Waals surface area contributed by atoms with Gasteiger partial charge in [0.15, 0.2) is 0 Å². The summed E-state index contributed by atoms with van der Waals surface area (Å²) < 4.78 is 5.37. The van der Waals surface area contributed by atoms with Crippen LogP contribution in [0.2, 0.25) is 5.02 Å². The van der Waals surface area contributed by atoms with Crippen LogP contribution in [0.1, 0.15) is 29.6 Å². The van der Waals surface area contributed by atoms with E-state index in [0.29, 0.717) is 18.8 Å². The van der Waals surface area contributed by atoms with Crippen LogP contribution in [0.5, 0.6) is 5.75 Å². The van der Waals surface area contributed by atoms with E-state index >= 15 is 0 Å². The molecule has 0 spiro atoms. The number of hydrogen-bond donors (Lipinski definition) is 1. The van der Waals surface area contributed by atoms with Crippen molar-refractivity contribution in [2.45, 2.75) is 19.3 Å². The van der Waals surface area contributed by atoms with E-state index in [1.54, 1.807) is 6.07 Å². The molecule has 0 saturated heterocycles. The van der Waals surface area contributed by atoms with Crippen molar-refractivity contribution in [1.82, 2.24) is 0 Å². The Hall–Kier alpha value is -1.73. The van der Waals surface area contributed by atoms with Crippen LogP contribution in [-0.4, -0.2) is 17.7 Å². The van der Waals surface area contributed by atoms with Gasteiger partial charge >= 0.3 is 5.97 Å². The summed E-state index contributed by atoms with van der Waals surface area (Å²) in [6, 6.07) is 6.56. The first-order valence-corrected chi connectivity index (χ1v) is 5.55. The number of nitriles is 1. The van der Waals surface area contributed by atoms with Crippen molar-refractivity contribution in [3.05, 3.63) is 28.8 Å². The second-order valence-electron chi connectivity index (χ2n) is 3.41. The minimum absolute atomic E-state index is 0.0289. The number of benzene rings is 1. The first-order chi connectivity index (χ1) is 8.15. The van der Waals surface area contributed by atoms with Gasteiger partial charge in [0.05, 0.1) is 23.3 Å². The van der Waals surface area contributed by atoms with Crippen molar-refractivity contribution >= 4 is 17.6 Å². The molecule has 0 radical (unpaired) electrons. The maximum atomic E-state index is 10.8. The van der Waals surface area contributed by atoms with Crippen molar-refractivity contribution in [1.29, 1.82) is 5.26 Å². The normalized spacial score (nSPS) is 9.65. The lowest BCUT2D eigenvalue weighted by Crippen LogP contribution is -2.01. The lowest BCUT2D eigenvalue weighted by molar-refractivity contribution is 0.0696. The highest BCUT2D eigenvalue weighted by molar-refractivity contribution is 6.33. The third-order valence-corrected chi connectivity index (χ3v) is 2.45. The number of hydrogen-bond acceptors (Lipinski definition) is 3. The smallest absolute Gasteiger partial charge is 0.337 e. The van der Waals surface area contributed by atoms with E-state index in [2.05, 4.69) is 0 Å². The Kier molecular flexibility index (Phi) is 5.31. The van der Waals surface area contributed by atoms with Gasteiger partial charge in [-0.05, 0) is 31.0 Å². The Bertz CT molecular complexity index is 440. The van der Waals surface area contributed by atoms with E-state index in [-0.39, 0.29) is 10.6 Å². The van der Waals surface area contributed by atoms with E-state index in [1.165, 1.54) is 12.1 Å². The first-order valence-electron chi connectivity index (χ1n) is 5.17. The molecule has 0 atom stereocenters. The molecule has 0 amide bonds. The van der Waals surface area contributed by atoms with Gasteiger partial charge < -0.3 is 9.84 Å². The minimum atomic E-state index is -1.08. The molecule has 0 heterocycles.